The van der Waals surface area contributed by atoms with Crippen LogP contribution in [0, 0.1) is 5.41 Å². The fraction of sp³-hybridized carbons (Fsp3) is 0.909. The highest BCUT2D eigenvalue weighted by molar-refractivity contribution is 7.87. The molecule has 0 aliphatic carbocycles. The second kappa shape index (κ2) is 4.79. The average Bonchev–Trinajstić information content (AvgIpc) is 2.13. The Bertz CT molecular complexity index is 427. The number of aliphatic carboxylic acids is 1. The molecule has 1 saturated heterocycles. The van der Waals surface area contributed by atoms with Gasteiger partial charge in [-0.2, -0.15) is 17.4 Å². The van der Waals surface area contributed by atoms with Gasteiger partial charge in [0.1, 0.15) is 0 Å². The highest BCUT2D eigenvalue weighted by atomic mass is 32.2. The van der Waals surface area contributed by atoms with Crippen LogP contribution in [0.2, 0.25) is 0 Å². The number of nitrogens with one attached hydrogen (secondary N) is 1. The van der Waals surface area contributed by atoms with E-state index in [4.69, 9.17) is 0 Å². The third-order valence-corrected chi connectivity index (χ3v) is 4.81. The van der Waals surface area contributed by atoms with Gasteiger partial charge in [0.15, 0.2) is 0 Å². The van der Waals surface area contributed by atoms with Crippen molar-refractivity contribution in [2.24, 2.45) is 5.41 Å². The minimum Gasteiger partial charge on any atom is -0.481 e. The van der Waals surface area contributed by atoms with Crippen molar-refractivity contribution >= 4 is 16.2 Å². The Labute approximate surface area is 109 Å². The van der Waals surface area contributed by atoms with E-state index in [1.165, 1.54) is 4.31 Å². The molecule has 0 radical (unpaired) electrons. The lowest BCUT2D eigenvalue weighted by Crippen LogP contribution is -2.55. The number of hydrogen-bond acceptors (Lipinski definition) is 3. The summed E-state index contributed by atoms with van der Waals surface area (Å²) < 4.78 is 28.0. The Morgan fingerprint density at radius 2 is 1.94 bits per heavy atom. The van der Waals surface area contributed by atoms with Crippen molar-refractivity contribution in [1.29, 1.82) is 0 Å². The lowest BCUT2D eigenvalue weighted by molar-refractivity contribution is -0.150. The van der Waals surface area contributed by atoms with Crippen LogP contribution >= 0.6 is 0 Å². The lowest BCUT2D eigenvalue weighted by Gasteiger charge is -2.37. The Hall–Kier alpha value is -0.660. The maximum atomic E-state index is 12.1. The quantitative estimate of drug-likeness (QED) is 0.799. The highest BCUT2D eigenvalue weighted by Crippen LogP contribution is 2.31. The zero-order valence-electron chi connectivity index (χ0n) is 11.4. The molecule has 1 aliphatic rings. The van der Waals surface area contributed by atoms with E-state index in [0.29, 0.717) is 19.4 Å². The molecule has 0 spiro atoms. The van der Waals surface area contributed by atoms with E-state index in [-0.39, 0.29) is 6.54 Å². The van der Waals surface area contributed by atoms with Crippen LogP contribution in [0.3, 0.4) is 0 Å². The van der Waals surface area contributed by atoms with Gasteiger partial charge in [-0.1, -0.05) is 0 Å². The number of carbonyl (C=O) groups is 1. The monoisotopic (exact) mass is 278 g/mol. The molecule has 1 heterocycles. The summed E-state index contributed by atoms with van der Waals surface area (Å²) >= 11 is 0. The second-order valence-corrected chi connectivity index (χ2v) is 7.83. The summed E-state index contributed by atoms with van der Waals surface area (Å²) in [7, 11) is -3.63. The molecule has 1 unspecified atom stereocenters. The maximum absolute atomic E-state index is 12.1. The van der Waals surface area contributed by atoms with Gasteiger partial charge in [0.25, 0.3) is 10.2 Å². The smallest absolute Gasteiger partial charge is 0.310 e. The van der Waals surface area contributed by atoms with Gasteiger partial charge in [0, 0.05) is 18.6 Å². The first kappa shape index (κ1) is 15.4. The summed E-state index contributed by atoms with van der Waals surface area (Å²) in [5.41, 5.74) is -1.57. The molecule has 0 bridgehead atoms. The van der Waals surface area contributed by atoms with Crippen molar-refractivity contribution in [3.05, 3.63) is 0 Å². The molecule has 0 aromatic rings. The minimum absolute atomic E-state index is 0.0216. The lowest BCUT2D eigenvalue weighted by atomic mass is 9.83. The third kappa shape index (κ3) is 3.66. The Kier molecular flexibility index (Phi) is 4.10. The molecule has 0 amide bonds. The molecule has 18 heavy (non-hydrogen) atoms. The maximum Gasteiger partial charge on any atom is 0.310 e. The minimum atomic E-state index is -3.63. The van der Waals surface area contributed by atoms with Gasteiger partial charge in [-0.05, 0) is 40.5 Å². The molecule has 6 nitrogen and oxygen atoms in total. The first-order chi connectivity index (χ1) is 7.96. The summed E-state index contributed by atoms with van der Waals surface area (Å²) in [6.07, 6.45) is 1.07. The molecule has 1 atom stereocenters. The SMILES string of the molecule is CC(C)(C)NS(=O)(=O)N1CCCC(C)(C(=O)O)C1. The Morgan fingerprint density at radius 3 is 2.39 bits per heavy atom. The van der Waals surface area contributed by atoms with Crippen molar-refractivity contribution in [3.63, 3.8) is 0 Å². The fourth-order valence-corrected chi connectivity index (χ4v) is 3.75. The molecule has 1 fully saturated rings. The predicted octanol–water partition coefficient (Wildman–Crippen LogP) is 0.806. The van der Waals surface area contributed by atoms with Crippen LogP contribution in [0.25, 0.3) is 0 Å². The number of rotatable bonds is 3. The van der Waals surface area contributed by atoms with Crippen LogP contribution in [0.4, 0.5) is 0 Å². The number of hydrogen-bond donors (Lipinski definition) is 2. The second-order valence-electron chi connectivity index (χ2n) is 6.16. The van der Waals surface area contributed by atoms with Gasteiger partial charge in [-0.25, -0.2) is 0 Å². The van der Waals surface area contributed by atoms with Gasteiger partial charge in [0.2, 0.25) is 0 Å². The van der Waals surface area contributed by atoms with Gasteiger partial charge in [-0.15, -0.1) is 0 Å². The van der Waals surface area contributed by atoms with Crippen LogP contribution in [-0.2, 0) is 15.0 Å². The van der Waals surface area contributed by atoms with E-state index in [9.17, 15) is 18.3 Å². The number of carboxylic acids is 1. The third-order valence-electron chi connectivity index (χ3n) is 2.95. The van der Waals surface area contributed by atoms with E-state index in [1.807, 2.05) is 0 Å². The summed E-state index contributed by atoms with van der Waals surface area (Å²) in [6, 6.07) is 0. The summed E-state index contributed by atoms with van der Waals surface area (Å²) in [6.45, 7) is 7.25. The number of nitrogens with zero attached hydrogens (tertiary/aromatic N) is 1. The fourth-order valence-electron chi connectivity index (χ4n) is 2.02. The van der Waals surface area contributed by atoms with Crippen molar-refractivity contribution < 1.29 is 18.3 Å². The summed E-state index contributed by atoms with van der Waals surface area (Å²) in [5.74, 6) is -0.946. The first-order valence-electron chi connectivity index (χ1n) is 5.99. The van der Waals surface area contributed by atoms with Crippen LogP contribution in [0.1, 0.15) is 40.5 Å². The molecule has 0 aromatic carbocycles. The van der Waals surface area contributed by atoms with Crippen LogP contribution < -0.4 is 4.72 Å². The average molecular weight is 278 g/mol. The summed E-state index contributed by atoms with van der Waals surface area (Å²) in [4.78, 5) is 11.2. The van der Waals surface area contributed by atoms with Gasteiger partial charge in [-0.3, -0.25) is 4.79 Å². The standard InChI is InChI=1S/C11H22N2O4S/c1-10(2,3)12-18(16,17)13-7-5-6-11(4,8-13)9(14)15/h12H,5-8H2,1-4H3,(H,14,15). The van der Waals surface area contributed by atoms with Crippen molar-refractivity contribution in [2.45, 2.75) is 46.1 Å². The Balaban J connectivity index is 2.88. The normalized spacial score (nSPS) is 27.1. The molecule has 7 heteroatoms. The van der Waals surface area contributed by atoms with Crippen LogP contribution in [0.15, 0.2) is 0 Å². The van der Waals surface area contributed by atoms with E-state index < -0.39 is 27.1 Å². The molecular formula is C11H22N2O4S. The van der Waals surface area contributed by atoms with Gasteiger partial charge >= 0.3 is 5.97 Å². The van der Waals surface area contributed by atoms with Crippen LogP contribution in [-0.4, -0.2) is 42.4 Å². The molecule has 1 rings (SSSR count). The molecule has 0 aromatic heterocycles. The number of carboxylic acid groups (broad SMARTS) is 1. The predicted molar refractivity (Wildman–Crippen MR) is 68.4 cm³/mol. The molecular weight excluding hydrogens is 256 g/mol. The van der Waals surface area contributed by atoms with E-state index in [2.05, 4.69) is 4.72 Å². The van der Waals surface area contributed by atoms with Gasteiger partial charge in [0.05, 0.1) is 5.41 Å². The topological polar surface area (TPSA) is 86.7 Å². The zero-order chi connectivity index (χ0) is 14.2. The molecule has 2 N–H and O–H groups in total. The summed E-state index contributed by atoms with van der Waals surface area (Å²) in [5, 5.41) is 9.17. The first-order valence-corrected chi connectivity index (χ1v) is 7.43. The van der Waals surface area contributed by atoms with E-state index in [1.54, 1.807) is 27.7 Å². The van der Waals surface area contributed by atoms with Crippen molar-refractivity contribution in [2.75, 3.05) is 13.1 Å². The Morgan fingerprint density at radius 1 is 1.39 bits per heavy atom. The molecule has 106 valence electrons. The molecule has 0 saturated carbocycles. The van der Waals surface area contributed by atoms with Crippen molar-refractivity contribution in [1.82, 2.24) is 9.03 Å². The largest absolute Gasteiger partial charge is 0.481 e. The zero-order valence-corrected chi connectivity index (χ0v) is 12.2. The molecule has 1 aliphatic heterocycles. The number of piperidine rings is 1. The van der Waals surface area contributed by atoms with E-state index in [0.717, 1.165) is 0 Å². The van der Waals surface area contributed by atoms with Gasteiger partial charge < -0.3 is 5.11 Å². The highest BCUT2D eigenvalue weighted by Gasteiger charge is 2.42. The van der Waals surface area contributed by atoms with E-state index >= 15 is 0 Å². The van der Waals surface area contributed by atoms with Crippen molar-refractivity contribution in [3.8, 4) is 0 Å². The van der Waals surface area contributed by atoms with Crippen LogP contribution in [0.5, 0.6) is 0 Å².